The summed E-state index contributed by atoms with van der Waals surface area (Å²) in [5.74, 6) is 0.700. The van der Waals surface area contributed by atoms with Crippen molar-refractivity contribution in [2.75, 3.05) is 19.7 Å². The second kappa shape index (κ2) is 4.98. The number of hydrogen-bond acceptors (Lipinski definition) is 3. The lowest BCUT2D eigenvalue weighted by molar-refractivity contribution is 0.145. The van der Waals surface area contributed by atoms with Gasteiger partial charge in [-0.1, -0.05) is 0 Å². The third-order valence-electron chi connectivity index (χ3n) is 2.23. The van der Waals surface area contributed by atoms with Crippen LogP contribution < -0.4 is 11.1 Å². The summed E-state index contributed by atoms with van der Waals surface area (Å²) in [7, 11) is 0. The van der Waals surface area contributed by atoms with Crippen molar-refractivity contribution in [1.29, 1.82) is 0 Å². The second-order valence-corrected chi connectivity index (χ2v) is 3.15. The molecule has 70 valence electrons. The summed E-state index contributed by atoms with van der Waals surface area (Å²) in [5.41, 5.74) is 4.83. The fourth-order valence-electron chi connectivity index (χ4n) is 1.50. The Labute approximate surface area is 72.5 Å². The number of rotatable bonds is 3. The first-order valence-corrected chi connectivity index (χ1v) is 4.42. The van der Waals surface area contributed by atoms with Gasteiger partial charge in [-0.3, -0.25) is 0 Å². The lowest BCUT2D eigenvalue weighted by Gasteiger charge is -2.21. The first kappa shape index (κ1) is 9.32. The van der Waals surface area contributed by atoms with Crippen LogP contribution in [0.15, 0.2) is 0 Å². The highest BCUT2D eigenvalue weighted by Gasteiger charge is 2.12. The van der Waals surface area contributed by atoms with Crippen molar-refractivity contribution < 1.29 is 9.53 Å². The zero-order valence-electron chi connectivity index (χ0n) is 7.21. The molecule has 0 unspecified atom stereocenters. The molecular weight excluding hydrogens is 156 g/mol. The Morgan fingerprint density at radius 2 is 2.17 bits per heavy atom. The van der Waals surface area contributed by atoms with E-state index in [0.717, 1.165) is 19.5 Å². The molecule has 0 aliphatic carbocycles. The maximum Gasteiger partial charge on any atom is 0.404 e. The molecule has 0 aromatic carbocycles. The maximum absolute atomic E-state index is 10.2. The Balaban J connectivity index is 2.01. The number of nitrogens with two attached hydrogens (primary N) is 1. The SMILES string of the molecule is NC(=O)OCCC1CCNCC1. The average Bonchev–Trinajstić information content (AvgIpc) is 2.05. The van der Waals surface area contributed by atoms with Crippen molar-refractivity contribution in [1.82, 2.24) is 5.32 Å². The summed E-state index contributed by atoms with van der Waals surface area (Å²) in [6.45, 7) is 2.64. The number of nitrogens with one attached hydrogen (secondary N) is 1. The summed E-state index contributed by atoms with van der Waals surface area (Å²) in [6.07, 6.45) is 2.65. The summed E-state index contributed by atoms with van der Waals surface area (Å²) in [6, 6.07) is 0. The van der Waals surface area contributed by atoms with Gasteiger partial charge in [0, 0.05) is 0 Å². The van der Waals surface area contributed by atoms with Gasteiger partial charge in [0.1, 0.15) is 0 Å². The number of primary amides is 1. The minimum Gasteiger partial charge on any atom is -0.450 e. The minimum absolute atomic E-state index is 0.472. The fourth-order valence-corrected chi connectivity index (χ4v) is 1.50. The van der Waals surface area contributed by atoms with Crippen molar-refractivity contribution >= 4 is 6.09 Å². The van der Waals surface area contributed by atoms with E-state index in [4.69, 9.17) is 5.73 Å². The zero-order chi connectivity index (χ0) is 8.81. The zero-order valence-corrected chi connectivity index (χ0v) is 7.21. The molecule has 1 aliphatic rings. The Morgan fingerprint density at radius 3 is 2.75 bits per heavy atom. The summed E-state index contributed by atoms with van der Waals surface area (Å²) in [4.78, 5) is 10.2. The van der Waals surface area contributed by atoms with Gasteiger partial charge in [-0.05, 0) is 38.3 Å². The summed E-state index contributed by atoms with van der Waals surface area (Å²) < 4.78 is 4.66. The van der Waals surface area contributed by atoms with Crippen LogP contribution >= 0.6 is 0 Å². The van der Waals surface area contributed by atoms with Crippen molar-refractivity contribution in [3.63, 3.8) is 0 Å². The van der Waals surface area contributed by atoms with E-state index in [2.05, 4.69) is 10.1 Å². The smallest absolute Gasteiger partial charge is 0.404 e. The number of piperidine rings is 1. The topological polar surface area (TPSA) is 64.4 Å². The van der Waals surface area contributed by atoms with E-state index in [0.29, 0.717) is 12.5 Å². The van der Waals surface area contributed by atoms with Gasteiger partial charge in [0.05, 0.1) is 6.61 Å². The molecule has 0 bridgehead atoms. The normalized spacial score (nSPS) is 19.0. The first-order valence-electron chi connectivity index (χ1n) is 4.42. The minimum atomic E-state index is -0.663. The standard InChI is InChI=1S/C8H16N2O2/c9-8(11)12-6-3-7-1-4-10-5-2-7/h7,10H,1-6H2,(H2,9,11). The molecule has 1 aliphatic heterocycles. The number of carbonyl (C=O) groups excluding carboxylic acids is 1. The molecule has 12 heavy (non-hydrogen) atoms. The fraction of sp³-hybridized carbons (Fsp3) is 0.875. The number of amides is 1. The van der Waals surface area contributed by atoms with Gasteiger partial charge >= 0.3 is 6.09 Å². The molecule has 1 rings (SSSR count). The van der Waals surface area contributed by atoms with Crippen LogP contribution in [0.5, 0.6) is 0 Å². The van der Waals surface area contributed by atoms with Gasteiger partial charge in [-0.2, -0.15) is 0 Å². The lowest BCUT2D eigenvalue weighted by Crippen LogP contribution is -2.28. The molecule has 1 heterocycles. The van der Waals surface area contributed by atoms with Crippen LogP contribution in [0.2, 0.25) is 0 Å². The van der Waals surface area contributed by atoms with Gasteiger partial charge in [0.15, 0.2) is 0 Å². The highest BCUT2D eigenvalue weighted by Crippen LogP contribution is 2.15. The van der Waals surface area contributed by atoms with Crippen LogP contribution in [-0.4, -0.2) is 25.8 Å². The number of hydrogen-bond donors (Lipinski definition) is 2. The predicted octanol–water partition coefficient (Wildman–Crippen LogP) is 0.471. The largest absolute Gasteiger partial charge is 0.450 e. The Morgan fingerprint density at radius 1 is 1.50 bits per heavy atom. The van der Waals surface area contributed by atoms with Crippen molar-refractivity contribution in [2.24, 2.45) is 11.7 Å². The third-order valence-corrected chi connectivity index (χ3v) is 2.23. The van der Waals surface area contributed by atoms with Gasteiger partial charge in [0.25, 0.3) is 0 Å². The van der Waals surface area contributed by atoms with E-state index in [9.17, 15) is 4.79 Å². The van der Waals surface area contributed by atoms with Crippen LogP contribution in [0.25, 0.3) is 0 Å². The molecule has 0 saturated carbocycles. The average molecular weight is 172 g/mol. The summed E-state index contributed by atoms with van der Waals surface area (Å²) in [5, 5.41) is 3.28. The monoisotopic (exact) mass is 172 g/mol. The molecule has 1 saturated heterocycles. The van der Waals surface area contributed by atoms with Gasteiger partial charge in [0.2, 0.25) is 0 Å². The maximum atomic E-state index is 10.2. The number of ether oxygens (including phenoxy) is 1. The Hall–Kier alpha value is -0.770. The van der Waals surface area contributed by atoms with Gasteiger partial charge in [-0.25, -0.2) is 4.79 Å². The van der Waals surface area contributed by atoms with E-state index in [1.165, 1.54) is 12.8 Å². The molecule has 3 N–H and O–H groups in total. The molecule has 0 aromatic heterocycles. The lowest BCUT2D eigenvalue weighted by atomic mass is 9.95. The second-order valence-electron chi connectivity index (χ2n) is 3.15. The van der Waals surface area contributed by atoms with Crippen LogP contribution in [0.3, 0.4) is 0 Å². The predicted molar refractivity (Wildman–Crippen MR) is 45.7 cm³/mol. The van der Waals surface area contributed by atoms with Crippen molar-refractivity contribution in [3.8, 4) is 0 Å². The molecule has 1 fully saturated rings. The molecule has 4 nitrogen and oxygen atoms in total. The highest BCUT2D eigenvalue weighted by atomic mass is 16.5. The van der Waals surface area contributed by atoms with Crippen molar-refractivity contribution in [3.05, 3.63) is 0 Å². The molecule has 0 atom stereocenters. The van der Waals surface area contributed by atoms with Gasteiger partial charge < -0.3 is 15.8 Å². The van der Waals surface area contributed by atoms with Crippen LogP contribution in [0.1, 0.15) is 19.3 Å². The van der Waals surface area contributed by atoms with E-state index in [1.54, 1.807) is 0 Å². The molecular formula is C8H16N2O2. The molecule has 1 amide bonds. The van der Waals surface area contributed by atoms with E-state index in [1.807, 2.05) is 0 Å². The molecule has 4 heteroatoms. The molecule has 0 aromatic rings. The van der Waals surface area contributed by atoms with Crippen LogP contribution in [0, 0.1) is 5.92 Å². The Bertz CT molecular complexity index is 144. The number of carbonyl (C=O) groups is 1. The molecule has 0 radical (unpaired) electrons. The van der Waals surface area contributed by atoms with Crippen molar-refractivity contribution in [2.45, 2.75) is 19.3 Å². The van der Waals surface area contributed by atoms with E-state index in [-0.39, 0.29) is 0 Å². The summed E-state index contributed by atoms with van der Waals surface area (Å²) >= 11 is 0. The van der Waals surface area contributed by atoms with Crippen LogP contribution in [-0.2, 0) is 4.74 Å². The van der Waals surface area contributed by atoms with E-state index < -0.39 is 6.09 Å². The molecule has 0 spiro atoms. The first-order chi connectivity index (χ1) is 5.79. The van der Waals surface area contributed by atoms with E-state index >= 15 is 0 Å². The Kier molecular flexibility index (Phi) is 3.87. The third kappa shape index (κ3) is 3.57. The highest BCUT2D eigenvalue weighted by molar-refractivity contribution is 5.64. The van der Waals surface area contributed by atoms with Gasteiger partial charge in [-0.15, -0.1) is 0 Å². The quantitative estimate of drug-likeness (QED) is 0.650. The van der Waals surface area contributed by atoms with Crippen LogP contribution in [0.4, 0.5) is 4.79 Å².